The minimum atomic E-state index is -4.50. The van der Waals surface area contributed by atoms with Gasteiger partial charge in [0.05, 0.1) is 5.69 Å². The van der Waals surface area contributed by atoms with E-state index < -0.39 is 11.9 Å². The normalized spacial score (nSPS) is 11.7. The highest BCUT2D eigenvalue weighted by Crippen LogP contribution is 2.32. The molecule has 2 rings (SSSR count). The van der Waals surface area contributed by atoms with Crippen molar-refractivity contribution in [3.63, 3.8) is 0 Å². The number of alkyl halides is 3. The number of aromatic nitrogens is 2. The summed E-state index contributed by atoms with van der Waals surface area (Å²) in [5.74, 6) is -0.198. The molecule has 0 atom stereocenters. The van der Waals surface area contributed by atoms with Crippen LogP contribution in [0.2, 0.25) is 0 Å². The summed E-state index contributed by atoms with van der Waals surface area (Å²) in [4.78, 5) is 19.9. The molecule has 0 saturated heterocycles. The zero-order valence-electron chi connectivity index (χ0n) is 10.8. The second kappa shape index (κ2) is 5.32. The van der Waals surface area contributed by atoms with E-state index in [-0.39, 0.29) is 11.5 Å². The van der Waals surface area contributed by atoms with Gasteiger partial charge in [0.2, 0.25) is 0 Å². The number of halogens is 3. The number of carbonyl (C=O) groups is 1. The number of thiazole rings is 1. The molecule has 7 heteroatoms. The van der Waals surface area contributed by atoms with Crippen LogP contribution in [0.3, 0.4) is 0 Å². The Morgan fingerprint density at radius 2 is 2.00 bits per heavy atom. The molecule has 2 aromatic rings. The topological polar surface area (TPSA) is 42.9 Å². The molecule has 0 spiro atoms. The molecular formula is C13H11F3N2OS. The average molecular weight is 300 g/mol. The molecule has 0 bridgehead atoms. The van der Waals surface area contributed by atoms with Crippen LogP contribution in [0.15, 0.2) is 18.2 Å². The predicted octanol–water partition coefficient (Wildman–Crippen LogP) is 3.99. The van der Waals surface area contributed by atoms with E-state index in [0.29, 0.717) is 17.1 Å². The fourth-order valence-corrected chi connectivity index (χ4v) is 2.71. The smallest absolute Gasteiger partial charge is 0.293 e. The van der Waals surface area contributed by atoms with E-state index in [2.05, 4.69) is 9.97 Å². The highest BCUT2D eigenvalue weighted by atomic mass is 32.1. The third-order valence-corrected chi connectivity index (χ3v) is 3.83. The van der Waals surface area contributed by atoms with Crippen LogP contribution in [0.4, 0.5) is 13.2 Å². The molecule has 20 heavy (non-hydrogen) atoms. The van der Waals surface area contributed by atoms with Gasteiger partial charge in [-0.05, 0) is 18.6 Å². The number of aryl methyl sites for hydroxylation is 1. The molecule has 2 aromatic heterocycles. The zero-order valence-corrected chi connectivity index (χ0v) is 11.6. The monoisotopic (exact) mass is 300 g/mol. The molecule has 0 fully saturated rings. The van der Waals surface area contributed by atoms with Crippen LogP contribution in [0.25, 0.3) is 10.7 Å². The third kappa shape index (κ3) is 2.87. The molecule has 3 nitrogen and oxygen atoms in total. The molecule has 0 amide bonds. The number of carbonyl (C=O) groups excluding carboxylic acids is 1. The fourth-order valence-electron chi connectivity index (χ4n) is 1.69. The molecular weight excluding hydrogens is 289 g/mol. The van der Waals surface area contributed by atoms with E-state index in [1.54, 1.807) is 0 Å². The lowest BCUT2D eigenvalue weighted by atomic mass is 10.2. The first-order valence-corrected chi connectivity index (χ1v) is 6.69. The number of hydrogen-bond donors (Lipinski definition) is 0. The van der Waals surface area contributed by atoms with E-state index in [4.69, 9.17) is 0 Å². The minimum absolute atomic E-state index is 0.132. The fraction of sp³-hybridized carbons (Fsp3) is 0.308. The molecule has 106 valence electrons. The van der Waals surface area contributed by atoms with Gasteiger partial charge in [-0.2, -0.15) is 13.2 Å². The molecule has 0 aliphatic heterocycles. The average Bonchev–Trinajstić information content (AvgIpc) is 2.82. The van der Waals surface area contributed by atoms with Gasteiger partial charge in [0.15, 0.2) is 5.78 Å². The first-order chi connectivity index (χ1) is 9.32. The van der Waals surface area contributed by atoms with Gasteiger partial charge in [0.1, 0.15) is 16.4 Å². The van der Waals surface area contributed by atoms with Crippen molar-refractivity contribution in [3.05, 3.63) is 34.5 Å². The summed E-state index contributed by atoms with van der Waals surface area (Å²) in [6, 6.07) is 3.65. The third-order valence-electron chi connectivity index (χ3n) is 2.61. The van der Waals surface area contributed by atoms with Crippen molar-refractivity contribution in [2.75, 3.05) is 0 Å². The van der Waals surface area contributed by atoms with E-state index >= 15 is 0 Å². The summed E-state index contributed by atoms with van der Waals surface area (Å²) in [6.45, 7) is 3.25. The summed E-state index contributed by atoms with van der Waals surface area (Å²) in [5.41, 5.74) is -0.522. The van der Waals surface area contributed by atoms with Crippen molar-refractivity contribution in [1.29, 1.82) is 0 Å². The van der Waals surface area contributed by atoms with Gasteiger partial charge in [0.25, 0.3) is 0 Å². The molecule has 0 aromatic carbocycles. The number of Topliss-reactive ketones (excluding diaryl/α,β-unsaturated/α-hetero) is 1. The maximum atomic E-state index is 12.6. The van der Waals surface area contributed by atoms with Crippen molar-refractivity contribution >= 4 is 17.1 Å². The van der Waals surface area contributed by atoms with Gasteiger partial charge in [0, 0.05) is 11.8 Å². The number of nitrogens with zero attached hydrogens (tertiary/aromatic N) is 2. The van der Waals surface area contributed by atoms with Crippen molar-refractivity contribution in [2.45, 2.75) is 26.4 Å². The quantitative estimate of drug-likeness (QED) is 0.805. The maximum Gasteiger partial charge on any atom is 0.433 e. The highest BCUT2D eigenvalue weighted by Gasteiger charge is 2.32. The highest BCUT2D eigenvalue weighted by molar-refractivity contribution is 7.15. The summed E-state index contributed by atoms with van der Waals surface area (Å²) in [6.07, 6.45) is -3.89. The Morgan fingerprint density at radius 3 is 2.50 bits per heavy atom. The number of pyridine rings is 1. The summed E-state index contributed by atoms with van der Waals surface area (Å²) < 4.78 is 37.9. The number of ketones is 1. The standard InChI is InChI=1S/C13H11F3N2OS/c1-3-9-11(7(2)19)18-12(20-9)8-5-4-6-10(17-8)13(14,15)16/h4-6H,3H2,1-2H3. The van der Waals surface area contributed by atoms with Crippen LogP contribution in [0.5, 0.6) is 0 Å². The summed E-state index contributed by atoms with van der Waals surface area (Å²) >= 11 is 1.20. The molecule has 0 aliphatic carbocycles. The second-order valence-corrected chi connectivity index (χ2v) is 5.19. The predicted molar refractivity (Wildman–Crippen MR) is 69.7 cm³/mol. The van der Waals surface area contributed by atoms with Gasteiger partial charge in [-0.3, -0.25) is 4.79 Å². The molecule has 0 N–H and O–H groups in total. The zero-order chi connectivity index (χ0) is 14.9. The second-order valence-electron chi connectivity index (χ2n) is 4.11. The Kier molecular flexibility index (Phi) is 3.89. The molecule has 2 heterocycles. The summed E-state index contributed by atoms with van der Waals surface area (Å²) in [5, 5.41) is 0.332. The minimum Gasteiger partial charge on any atom is -0.293 e. The Hall–Kier alpha value is -1.76. The number of hydrogen-bond acceptors (Lipinski definition) is 4. The first-order valence-electron chi connectivity index (χ1n) is 5.88. The number of rotatable bonds is 3. The SMILES string of the molecule is CCc1sc(-c2cccc(C(F)(F)F)n2)nc1C(C)=O. The van der Waals surface area contributed by atoms with Crippen LogP contribution in [0, 0.1) is 0 Å². The Labute approximate surface area is 117 Å². The van der Waals surface area contributed by atoms with Gasteiger partial charge in [-0.1, -0.05) is 13.0 Å². The molecule has 0 aliphatic rings. The van der Waals surface area contributed by atoms with Gasteiger partial charge in [-0.15, -0.1) is 11.3 Å². The first kappa shape index (κ1) is 14.6. The Morgan fingerprint density at radius 1 is 1.30 bits per heavy atom. The van der Waals surface area contributed by atoms with Crippen LogP contribution in [-0.4, -0.2) is 15.8 Å². The summed E-state index contributed by atoms with van der Waals surface area (Å²) in [7, 11) is 0. The van der Waals surface area contributed by atoms with Gasteiger partial charge in [-0.25, -0.2) is 9.97 Å². The van der Waals surface area contributed by atoms with Crippen molar-refractivity contribution < 1.29 is 18.0 Å². The molecule has 0 unspecified atom stereocenters. The lowest BCUT2D eigenvalue weighted by Crippen LogP contribution is -2.08. The van der Waals surface area contributed by atoms with Crippen LogP contribution in [0.1, 0.15) is 34.9 Å². The van der Waals surface area contributed by atoms with Crippen LogP contribution >= 0.6 is 11.3 Å². The lowest BCUT2D eigenvalue weighted by Gasteiger charge is -2.05. The largest absolute Gasteiger partial charge is 0.433 e. The molecule has 0 saturated carbocycles. The van der Waals surface area contributed by atoms with Crippen molar-refractivity contribution in [3.8, 4) is 10.7 Å². The van der Waals surface area contributed by atoms with Gasteiger partial charge >= 0.3 is 6.18 Å². The van der Waals surface area contributed by atoms with Gasteiger partial charge < -0.3 is 0 Å². The lowest BCUT2D eigenvalue weighted by molar-refractivity contribution is -0.141. The van der Waals surface area contributed by atoms with E-state index in [1.165, 1.54) is 30.4 Å². The van der Waals surface area contributed by atoms with Crippen molar-refractivity contribution in [1.82, 2.24) is 9.97 Å². The Balaban J connectivity index is 2.49. The maximum absolute atomic E-state index is 12.6. The molecule has 0 radical (unpaired) electrons. The van der Waals surface area contributed by atoms with Crippen LogP contribution < -0.4 is 0 Å². The van der Waals surface area contributed by atoms with Crippen LogP contribution in [-0.2, 0) is 12.6 Å². The van der Waals surface area contributed by atoms with E-state index in [1.807, 2.05) is 6.92 Å². The van der Waals surface area contributed by atoms with E-state index in [0.717, 1.165) is 10.9 Å². The van der Waals surface area contributed by atoms with Crippen molar-refractivity contribution in [2.24, 2.45) is 0 Å². The Bertz CT molecular complexity index is 649. The van der Waals surface area contributed by atoms with E-state index in [9.17, 15) is 18.0 Å².